The maximum atomic E-state index is 2.37. The second kappa shape index (κ2) is 2.08. The molecule has 0 aromatic heterocycles. The third-order valence-corrected chi connectivity index (χ3v) is 2.52. The Kier molecular flexibility index (Phi) is 1.59. The van der Waals surface area contributed by atoms with Crippen molar-refractivity contribution in [2.45, 2.75) is 33.6 Å². The molecule has 3 atom stereocenters. The van der Waals surface area contributed by atoms with Gasteiger partial charge in [-0.05, 0) is 30.6 Å². The summed E-state index contributed by atoms with van der Waals surface area (Å²) in [4.78, 5) is 0. The molecule has 2 unspecified atom stereocenters. The summed E-state index contributed by atoms with van der Waals surface area (Å²) in [6, 6.07) is 0. The van der Waals surface area contributed by atoms with Gasteiger partial charge in [-0.2, -0.15) is 0 Å². The fraction of sp³-hybridized carbons (Fsp3) is 1.00. The Balaban J connectivity index is 2.39. The van der Waals surface area contributed by atoms with Gasteiger partial charge in [-0.15, -0.1) is 0 Å². The van der Waals surface area contributed by atoms with Crippen LogP contribution in [0, 0.1) is 17.8 Å². The van der Waals surface area contributed by atoms with E-state index in [1.165, 1.54) is 12.8 Å². The molecular weight excluding hydrogens is 96.1 g/mol. The van der Waals surface area contributed by atoms with Gasteiger partial charge >= 0.3 is 0 Å². The summed E-state index contributed by atoms with van der Waals surface area (Å²) in [5.41, 5.74) is 0. The Labute approximate surface area is 52.3 Å². The Morgan fingerprint density at radius 2 is 1.25 bits per heavy atom. The molecule has 0 radical (unpaired) electrons. The van der Waals surface area contributed by atoms with Crippen molar-refractivity contribution < 1.29 is 0 Å². The van der Waals surface area contributed by atoms with E-state index in [9.17, 15) is 0 Å². The normalized spacial score (nSPS) is 47.6. The summed E-state index contributed by atoms with van der Waals surface area (Å²) in [5, 5.41) is 0. The predicted molar refractivity (Wildman–Crippen MR) is 36.7 cm³/mol. The topological polar surface area (TPSA) is 0 Å². The van der Waals surface area contributed by atoms with Gasteiger partial charge < -0.3 is 0 Å². The first kappa shape index (κ1) is 6.12. The Morgan fingerprint density at radius 3 is 1.38 bits per heavy atom. The molecule has 1 aliphatic rings. The van der Waals surface area contributed by atoms with E-state index in [0.717, 1.165) is 17.8 Å². The lowest BCUT2D eigenvalue weighted by atomic mass is 10.0. The maximum Gasteiger partial charge on any atom is -0.0414 e. The van der Waals surface area contributed by atoms with Gasteiger partial charge in [-0.25, -0.2) is 0 Å². The molecule has 0 nitrogen and oxygen atoms in total. The third kappa shape index (κ3) is 1.04. The fourth-order valence-electron chi connectivity index (χ4n) is 1.83. The van der Waals surface area contributed by atoms with Crippen molar-refractivity contribution in [3.8, 4) is 0 Å². The zero-order valence-electron chi connectivity index (χ0n) is 6.15. The van der Waals surface area contributed by atoms with Gasteiger partial charge in [0.1, 0.15) is 0 Å². The van der Waals surface area contributed by atoms with Crippen LogP contribution in [-0.4, -0.2) is 0 Å². The summed E-state index contributed by atoms with van der Waals surface area (Å²) in [7, 11) is 0. The second-order valence-corrected chi connectivity index (χ2v) is 3.53. The Morgan fingerprint density at radius 1 is 0.875 bits per heavy atom. The van der Waals surface area contributed by atoms with Crippen molar-refractivity contribution in [3.05, 3.63) is 0 Å². The quantitative estimate of drug-likeness (QED) is 0.452. The Hall–Kier alpha value is 0. The maximum absolute atomic E-state index is 2.37. The van der Waals surface area contributed by atoms with Crippen LogP contribution >= 0.6 is 0 Å². The van der Waals surface area contributed by atoms with Gasteiger partial charge in [0.25, 0.3) is 0 Å². The summed E-state index contributed by atoms with van der Waals surface area (Å²) in [6.07, 6.45) is 2.92. The van der Waals surface area contributed by atoms with Crippen LogP contribution in [0.2, 0.25) is 0 Å². The lowest BCUT2D eigenvalue weighted by molar-refractivity contribution is 0.457. The zero-order valence-corrected chi connectivity index (χ0v) is 6.15. The van der Waals surface area contributed by atoms with Crippen LogP contribution in [0.15, 0.2) is 0 Å². The van der Waals surface area contributed by atoms with Crippen molar-refractivity contribution in [2.75, 3.05) is 0 Å². The van der Waals surface area contributed by atoms with Crippen LogP contribution in [0.1, 0.15) is 33.6 Å². The van der Waals surface area contributed by atoms with E-state index in [1.807, 2.05) is 0 Å². The van der Waals surface area contributed by atoms with Crippen LogP contribution in [0.4, 0.5) is 0 Å². The number of rotatable bonds is 0. The van der Waals surface area contributed by atoms with Crippen LogP contribution in [0.25, 0.3) is 0 Å². The van der Waals surface area contributed by atoms with E-state index >= 15 is 0 Å². The van der Waals surface area contributed by atoms with Crippen LogP contribution in [0.3, 0.4) is 0 Å². The predicted octanol–water partition coefficient (Wildman–Crippen LogP) is 2.69. The molecule has 0 saturated heterocycles. The molecule has 48 valence electrons. The molecule has 0 heteroatoms. The Bertz CT molecular complexity index is 66.1. The third-order valence-electron chi connectivity index (χ3n) is 2.52. The highest BCUT2D eigenvalue weighted by Crippen LogP contribution is 2.34. The average Bonchev–Trinajstić information content (AvgIpc) is 1.85. The highest BCUT2D eigenvalue weighted by atomic mass is 14.3. The molecule has 1 fully saturated rings. The van der Waals surface area contributed by atoms with Gasteiger partial charge in [0, 0.05) is 0 Å². The van der Waals surface area contributed by atoms with Crippen molar-refractivity contribution in [3.63, 3.8) is 0 Å². The molecule has 0 aromatic rings. The van der Waals surface area contributed by atoms with Gasteiger partial charge in [0.2, 0.25) is 0 Å². The minimum absolute atomic E-state index is 0.991. The molecule has 0 amide bonds. The van der Waals surface area contributed by atoms with Gasteiger partial charge in [0.15, 0.2) is 0 Å². The molecule has 0 heterocycles. The highest BCUT2D eigenvalue weighted by molar-refractivity contribution is 4.74. The molecule has 8 heavy (non-hydrogen) atoms. The summed E-state index contributed by atoms with van der Waals surface area (Å²) in [6.45, 7) is 7.10. The van der Waals surface area contributed by atoms with Gasteiger partial charge in [-0.1, -0.05) is 20.8 Å². The largest absolute Gasteiger partial charge is 0.0625 e. The minimum atomic E-state index is 0.991. The van der Waals surface area contributed by atoms with Crippen molar-refractivity contribution in [1.82, 2.24) is 0 Å². The summed E-state index contributed by atoms with van der Waals surface area (Å²) < 4.78 is 0. The second-order valence-electron chi connectivity index (χ2n) is 3.53. The van der Waals surface area contributed by atoms with E-state index in [-0.39, 0.29) is 0 Å². The van der Waals surface area contributed by atoms with Gasteiger partial charge in [-0.3, -0.25) is 0 Å². The van der Waals surface area contributed by atoms with E-state index in [1.54, 1.807) is 0 Å². The molecule has 1 rings (SSSR count). The lowest BCUT2D eigenvalue weighted by Gasteiger charge is -2.04. The summed E-state index contributed by atoms with van der Waals surface area (Å²) >= 11 is 0. The average molecular weight is 112 g/mol. The van der Waals surface area contributed by atoms with E-state index < -0.39 is 0 Å². The van der Waals surface area contributed by atoms with E-state index in [0.29, 0.717) is 0 Å². The van der Waals surface area contributed by atoms with Crippen LogP contribution < -0.4 is 0 Å². The first-order chi connectivity index (χ1) is 3.70. The molecule has 1 aliphatic carbocycles. The number of hydrogen-bond donors (Lipinski definition) is 0. The van der Waals surface area contributed by atoms with Crippen molar-refractivity contribution >= 4 is 0 Å². The summed E-state index contributed by atoms with van der Waals surface area (Å²) in [5.74, 6) is 2.98. The standard InChI is InChI=1S/C8H16/c1-6-4-7(2)8(3)5-6/h6-8H,4-5H2,1-3H3/t6?,7-,8?/m1/s1. The van der Waals surface area contributed by atoms with E-state index in [4.69, 9.17) is 0 Å². The SMILES string of the molecule is CC1CC(C)[C@H](C)C1. The first-order valence-electron chi connectivity index (χ1n) is 3.70. The minimum Gasteiger partial charge on any atom is -0.0625 e. The van der Waals surface area contributed by atoms with E-state index in [2.05, 4.69) is 20.8 Å². The molecule has 1 saturated carbocycles. The fourth-order valence-corrected chi connectivity index (χ4v) is 1.83. The lowest BCUT2D eigenvalue weighted by Crippen LogP contribution is -1.95. The first-order valence-corrected chi connectivity index (χ1v) is 3.70. The van der Waals surface area contributed by atoms with Crippen molar-refractivity contribution in [2.24, 2.45) is 17.8 Å². The highest BCUT2D eigenvalue weighted by Gasteiger charge is 2.24. The van der Waals surface area contributed by atoms with Crippen LogP contribution in [0.5, 0.6) is 0 Å². The smallest absolute Gasteiger partial charge is 0.0414 e. The zero-order chi connectivity index (χ0) is 6.15. The molecule has 0 N–H and O–H groups in total. The molecule has 0 spiro atoms. The van der Waals surface area contributed by atoms with Crippen LogP contribution in [-0.2, 0) is 0 Å². The molecular formula is C8H16. The van der Waals surface area contributed by atoms with Crippen molar-refractivity contribution in [1.29, 1.82) is 0 Å². The monoisotopic (exact) mass is 112 g/mol. The molecule has 0 aromatic carbocycles. The molecule has 0 aliphatic heterocycles. The molecule has 0 bridgehead atoms. The number of hydrogen-bond acceptors (Lipinski definition) is 0. The van der Waals surface area contributed by atoms with Gasteiger partial charge in [0.05, 0.1) is 0 Å².